The second-order valence-corrected chi connectivity index (χ2v) is 8.22. The molecule has 0 aliphatic carbocycles. The summed E-state index contributed by atoms with van der Waals surface area (Å²) in [6, 6.07) is 22.5. The molecule has 33 heavy (non-hydrogen) atoms. The van der Waals surface area contributed by atoms with E-state index in [9.17, 15) is 0 Å². The van der Waals surface area contributed by atoms with Crippen molar-refractivity contribution >= 4 is 57.8 Å². The zero-order valence-corrected chi connectivity index (χ0v) is 20.2. The number of para-hydroxylation sites is 4. The second-order valence-electron chi connectivity index (χ2n) is 6.67. The number of ether oxygens (including phenoxy) is 2. The molecule has 4 rings (SSSR count). The predicted molar refractivity (Wildman–Crippen MR) is 138 cm³/mol. The van der Waals surface area contributed by atoms with Crippen LogP contribution >= 0.6 is 35.4 Å². The van der Waals surface area contributed by atoms with Crippen LogP contribution in [0, 0.1) is 0 Å². The third kappa shape index (κ3) is 5.33. The number of hydrogen-bond acceptors (Lipinski definition) is 6. The third-order valence-corrected chi connectivity index (χ3v) is 5.74. The normalized spacial score (nSPS) is 11.2. The van der Waals surface area contributed by atoms with Gasteiger partial charge in [-0.2, -0.15) is 9.37 Å². The highest BCUT2D eigenvalue weighted by Crippen LogP contribution is 2.29. The Morgan fingerprint density at radius 3 is 2.36 bits per heavy atom. The maximum Gasteiger partial charge on any atom is 0.225 e. The van der Waals surface area contributed by atoms with Gasteiger partial charge >= 0.3 is 0 Å². The number of thiocarbonyl (C=S) groups is 1. The maximum absolute atomic E-state index is 5.96. The third-order valence-electron chi connectivity index (χ3n) is 4.59. The van der Waals surface area contributed by atoms with Crippen molar-refractivity contribution in [2.45, 2.75) is 0 Å². The van der Waals surface area contributed by atoms with E-state index in [0.29, 0.717) is 27.3 Å². The van der Waals surface area contributed by atoms with Gasteiger partial charge in [0.15, 0.2) is 5.11 Å². The van der Waals surface area contributed by atoms with Crippen LogP contribution in [0.15, 0.2) is 77.8 Å². The molecule has 0 unspecified atom stereocenters. The first-order valence-electron chi connectivity index (χ1n) is 9.82. The number of methoxy groups -OCH3 is 2. The monoisotopic (exact) mass is 497 g/mol. The molecule has 0 fully saturated rings. The van der Waals surface area contributed by atoms with Gasteiger partial charge < -0.3 is 20.1 Å². The Morgan fingerprint density at radius 1 is 0.970 bits per heavy atom. The quantitative estimate of drug-likeness (QED) is 0.335. The molecule has 7 nitrogen and oxygen atoms in total. The van der Waals surface area contributed by atoms with Gasteiger partial charge in [-0.15, -0.1) is 0 Å². The lowest BCUT2D eigenvalue weighted by Crippen LogP contribution is -2.19. The lowest BCUT2D eigenvalue weighted by Gasteiger charge is -2.14. The Balaban J connectivity index is 1.78. The van der Waals surface area contributed by atoms with Crippen molar-refractivity contribution in [2.24, 2.45) is 4.99 Å². The predicted octanol–water partition coefficient (Wildman–Crippen LogP) is 5.65. The van der Waals surface area contributed by atoms with E-state index >= 15 is 0 Å². The van der Waals surface area contributed by atoms with Gasteiger partial charge in [-0.05, 0) is 60.7 Å². The minimum absolute atomic E-state index is 0.286. The number of nitrogens with one attached hydrogen (secondary N) is 2. The van der Waals surface area contributed by atoms with E-state index in [2.05, 4.69) is 20.0 Å². The van der Waals surface area contributed by atoms with Crippen LogP contribution in [0.25, 0.3) is 5.69 Å². The molecule has 0 amide bonds. The number of aromatic nitrogens is 2. The minimum Gasteiger partial charge on any atom is -0.495 e. The van der Waals surface area contributed by atoms with Crippen LogP contribution in [-0.4, -0.2) is 28.3 Å². The van der Waals surface area contributed by atoms with E-state index in [-0.39, 0.29) is 5.11 Å². The van der Waals surface area contributed by atoms with Crippen molar-refractivity contribution < 1.29 is 9.47 Å². The van der Waals surface area contributed by atoms with Crippen LogP contribution in [-0.2, 0) is 0 Å². The van der Waals surface area contributed by atoms with Gasteiger partial charge in [-0.3, -0.25) is 0 Å². The highest BCUT2D eigenvalue weighted by atomic mass is 35.5. The maximum atomic E-state index is 5.96. The van der Waals surface area contributed by atoms with E-state index < -0.39 is 0 Å². The fourth-order valence-corrected chi connectivity index (χ4v) is 4.16. The topological polar surface area (TPSA) is 72.7 Å². The number of nitrogens with zero attached hydrogens (tertiary/aromatic N) is 3. The summed E-state index contributed by atoms with van der Waals surface area (Å²) in [5, 5.41) is 7.37. The second kappa shape index (κ2) is 10.5. The van der Waals surface area contributed by atoms with E-state index in [0.717, 1.165) is 17.1 Å². The van der Waals surface area contributed by atoms with Crippen molar-refractivity contribution in [1.82, 2.24) is 8.94 Å². The molecule has 10 heteroatoms. The molecule has 0 spiro atoms. The fourth-order valence-electron chi connectivity index (χ4n) is 3.08. The molecule has 4 aromatic rings. The fraction of sp³-hybridized carbons (Fsp3) is 0.0870. The first kappa shape index (κ1) is 22.8. The molecule has 1 aromatic heterocycles. The van der Waals surface area contributed by atoms with E-state index in [4.69, 9.17) is 33.3 Å². The van der Waals surface area contributed by atoms with Gasteiger partial charge in [0.1, 0.15) is 11.5 Å². The molecule has 0 atom stereocenters. The van der Waals surface area contributed by atoms with Crippen LogP contribution in [0.2, 0.25) is 5.02 Å². The zero-order valence-electron chi connectivity index (χ0n) is 17.8. The van der Waals surface area contributed by atoms with Gasteiger partial charge in [-0.1, -0.05) is 35.9 Å². The Hall–Kier alpha value is -3.40. The first-order chi connectivity index (χ1) is 16.1. The Morgan fingerprint density at radius 2 is 1.64 bits per heavy atom. The van der Waals surface area contributed by atoms with Gasteiger partial charge in [-0.25, -0.2) is 4.57 Å². The summed E-state index contributed by atoms with van der Waals surface area (Å²) in [5.41, 5.74) is 2.32. The molecule has 0 bridgehead atoms. The van der Waals surface area contributed by atoms with Crippen LogP contribution < -0.4 is 24.9 Å². The molecule has 0 aliphatic rings. The van der Waals surface area contributed by atoms with Crippen LogP contribution in [0.5, 0.6) is 11.5 Å². The number of hydrogen-bond donors (Lipinski definition) is 2. The molecule has 0 radical (unpaired) electrons. The van der Waals surface area contributed by atoms with Gasteiger partial charge in [0.2, 0.25) is 10.7 Å². The number of benzene rings is 3. The van der Waals surface area contributed by atoms with Crippen molar-refractivity contribution in [3.63, 3.8) is 0 Å². The molecule has 3 aromatic carbocycles. The Kier molecular flexibility index (Phi) is 7.23. The highest BCUT2D eigenvalue weighted by Gasteiger charge is 2.16. The highest BCUT2D eigenvalue weighted by molar-refractivity contribution is 7.80. The van der Waals surface area contributed by atoms with Crippen LogP contribution in [0.3, 0.4) is 0 Å². The summed E-state index contributed by atoms with van der Waals surface area (Å²) in [6.45, 7) is 0. The van der Waals surface area contributed by atoms with Crippen LogP contribution in [0.4, 0.5) is 17.3 Å². The number of anilines is 3. The number of rotatable bonds is 6. The summed E-state index contributed by atoms with van der Waals surface area (Å²) in [4.78, 5) is 5.17. The summed E-state index contributed by atoms with van der Waals surface area (Å²) < 4.78 is 17.5. The summed E-state index contributed by atoms with van der Waals surface area (Å²) in [6.07, 6.45) is 0. The standard InChI is InChI=1S/C23H20ClN5O2S2/c1-30-19-9-5-3-7-17(19)26-21-28-33-23(29(21)18-8-4-6-10-20(18)31-2)27-22(32)25-16-13-11-15(24)12-14-16/h3-14H,1-2H3,(H,25,32)(H,26,28)/b27-23-. The SMILES string of the molecule is COc1ccccc1Nc1ns/c(=N\C(=S)Nc2ccc(Cl)cc2)n1-c1ccccc1OC. The van der Waals surface area contributed by atoms with E-state index in [1.807, 2.05) is 65.2 Å². The zero-order chi connectivity index (χ0) is 23.2. The smallest absolute Gasteiger partial charge is 0.225 e. The average Bonchev–Trinajstić information content (AvgIpc) is 3.22. The molecule has 2 N–H and O–H groups in total. The van der Waals surface area contributed by atoms with Crippen molar-refractivity contribution in [3.8, 4) is 17.2 Å². The van der Waals surface area contributed by atoms with Gasteiger partial charge in [0, 0.05) is 22.2 Å². The first-order valence-corrected chi connectivity index (χ1v) is 11.4. The molecule has 0 aliphatic heterocycles. The van der Waals surface area contributed by atoms with Gasteiger partial charge in [0.05, 0.1) is 25.6 Å². The molecule has 0 saturated carbocycles. The average molecular weight is 498 g/mol. The minimum atomic E-state index is 0.286. The van der Waals surface area contributed by atoms with Crippen molar-refractivity contribution in [2.75, 3.05) is 24.9 Å². The molecular formula is C23H20ClN5O2S2. The van der Waals surface area contributed by atoms with E-state index in [1.165, 1.54) is 11.5 Å². The molecule has 1 heterocycles. The van der Waals surface area contributed by atoms with Gasteiger partial charge in [0.25, 0.3) is 0 Å². The van der Waals surface area contributed by atoms with Crippen LogP contribution in [0.1, 0.15) is 0 Å². The lowest BCUT2D eigenvalue weighted by molar-refractivity contribution is 0.412. The largest absolute Gasteiger partial charge is 0.495 e. The summed E-state index contributed by atoms with van der Waals surface area (Å²) in [7, 11) is 3.24. The molecular weight excluding hydrogens is 478 g/mol. The van der Waals surface area contributed by atoms with E-state index in [1.54, 1.807) is 26.4 Å². The van der Waals surface area contributed by atoms with Crippen molar-refractivity contribution in [1.29, 1.82) is 0 Å². The molecule has 168 valence electrons. The lowest BCUT2D eigenvalue weighted by atomic mass is 10.3. The Bertz CT molecular complexity index is 1340. The molecule has 0 saturated heterocycles. The van der Waals surface area contributed by atoms with Crippen molar-refractivity contribution in [3.05, 3.63) is 82.6 Å². The summed E-state index contributed by atoms with van der Waals surface area (Å²) in [5.74, 6) is 1.90. The Labute approximate surface area is 205 Å². The summed E-state index contributed by atoms with van der Waals surface area (Å²) >= 11 is 12.7. The number of halogens is 1.